The number of aliphatic carboxylic acids is 2. The summed E-state index contributed by atoms with van der Waals surface area (Å²) in [6.07, 6.45) is 6.18. The van der Waals surface area contributed by atoms with Gasteiger partial charge in [0, 0.05) is 6.54 Å². The molecular formula is C11H15NNa2O4. The number of likely N-dealkylation sites (tertiary alicyclic amines) is 1. The average Bonchev–Trinajstić information content (AvgIpc) is 2.24. The zero-order valence-corrected chi connectivity index (χ0v) is 15.1. The summed E-state index contributed by atoms with van der Waals surface area (Å²) in [5.41, 5.74) is 0. The summed E-state index contributed by atoms with van der Waals surface area (Å²) in [5.74, 6) is -4.91. The second-order valence-electron chi connectivity index (χ2n) is 3.91. The quantitative estimate of drug-likeness (QED) is 0.282. The van der Waals surface area contributed by atoms with Gasteiger partial charge in [-0.15, -0.1) is 0 Å². The van der Waals surface area contributed by atoms with Gasteiger partial charge in [-0.05, 0) is 25.9 Å². The molecule has 7 heteroatoms. The number of carbonyl (C=O) groups excluding carboxylic acids is 2. The molecule has 90 valence electrons. The number of nitrogens with zero attached hydrogens (tertiary/aromatic N) is 1. The van der Waals surface area contributed by atoms with Crippen molar-refractivity contribution in [2.75, 3.05) is 19.6 Å². The van der Waals surface area contributed by atoms with Crippen LogP contribution in [0.25, 0.3) is 0 Å². The smallest absolute Gasteiger partial charge is 0.549 e. The van der Waals surface area contributed by atoms with Crippen molar-refractivity contribution in [3.8, 4) is 0 Å². The maximum atomic E-state index is 10.4. The Morgan fingerprint density at radius 1 is 1.06 bits per heavy atom. The van der Waals surface area contributed by atoms with Gasteiger partial charge in [0.15, 0.2) is 0 Å². The molecule has 0 aromatic heterocycles. The minimum atomic E-state index is -1.65. The zero-order valence-electron chi connectivity index (χ0n) is 11.1. The number of piperidine rings is 1. The molecular weight excluding hydrogens is 256 g/mol. The number of hydrogen-bond acceptors (Lipinski definition) is 5. The van der Waals surface area contributed by atoms with E-state index in [1.807, 2.05) is 0 Å². The Balaban J connectivity index is 0. The van der Waals surface area contributed by atoms with E-state index in [1.54, 1.807) is 6.08 Å². The maximum absolute atomic E-state index is 10.4. The van der Waals surface area contributed by atoms with Gasteiger partial charge in [0.25, 0.3) is 0 Å². The molecule has 0 saturated carbocycles. The fraction of sp³-hybridized carbons (Fsp3) is 0.636. The maximum Gasteiger partial charge on any atom is 1.00 e. The summed E-state index contributed by atoms with van der Waals surface area (Å²) in [6, 6.07) is 0. The van der Waals surface area contributed by atoms with Gasteiger partial charge in [-0.3, -0.25) is 4.90 Å². The Morgan fingerprint density at radius 3 is 2.00 bits per heavy atom. The fourth-order valence-corrected chi connectivity index (χ4v) is 1.74. The van der Waals surface area contributed by atoms with Gasteiger partial charge >= 0.3 is 59.1 Å². The van der Waals surface area contributed by atoms with Crippen molar-refractivity contribution in [2.24, 2.45) is 5.92 Å². The summed E-state index contributed by atoms with van der Waals surface area (Å²) in [6.45, 7) is 2.54. The molecule has 1 aliphatic rings. The second-order valence-corrected chi connectivity index (χ2v) is 3.91. The molecule has 0 amide bonds. The van der Waals surface area contributed by atoms with E-state index in [0.29, 0.717) is 6.54 Å². The van der Waals surface area contributed by atoms with Crippen molar-refractivity contribution in [3.63, 3.8) is 0 Å². The van der Waals surface area contributed by atoms with Crippen LogP contribution in [0.4, 0.5) is 0 Å². The standard InChI is InChI=1S/C11H17NO4.2Na/c13-10(14)9(11(15)16)5-4-8-12-6-2-1-3-7-12;;/h4-5,9H,1-3,6-8H2,(H,13,14)(H,15,16);;/q;2*+1/p-2. The number of carboxylic acid groups (broad SMARTS) is 2. The minimum absolute atomic E-state index is 0. The summed E-state index contributed by atoms with van der Waals surface area (Å²) < 4.78 is 0. The normalized spacial score (nSPS) is 16.1. The summed E-state index contributed by atoms with van der Waals surface area (Å²) in [5, 5.41) is 20.9. The Bertz CT molecular complexity index is 277. The third-order valence-electron chi connectivity index (χ3n) is 2.65. The molecule has 1 heterocycles. The number of carbonyl (C=O) groups is 2. The van der Waals surface area contributed by atoms with Crippen molar-refractivity contribution in [2.45, 2.75) is 19.3 Å². The van der Waals surface area contributed by atoms with Crippen LogP contribution in [0.3, 0.4) is 0 Å². The predicted molar refractivity (Wildman–Crippen MR) is 52.9 cm³/mol. The number of rotatable bonds is 5. The molecule has 0 N–H and O–H groups in total. The first-order valence-corrected chi connectivity index (χ1v) is 5.42. The van der Waals surface area contributed by atoms with E-state index in [1.165, 1.54) is 6.42 Å². The third kappa shape index (κ3) is 7.94. The minimum Gasteiger partial charge on any atom is -0.549 e. The first-order valence-electron chi connectivity index (χ1n) is 5.42. The molecule has 1 rings (SSSR count). The van der Waals surface area contributed by atoms with Crippen molar-refractivity contribution in [1.29, 1.82) is 0 Å². The van der Waals surface area contributed by atoms with Gasteiger partial charge < -0.3 is 19.8 Å². The van der Waals surface area contributed by atoms with Crippen LogP contribution in [-0.4, -0.2) is 36.5 Å². The summed E-state index contributed by atoms with van der Waals surface area (Å²) >= 11 is 0. The number of carboxylic acids is 2. The van der Waals surface area contributed by atoms with E-state index >= 15 is 0 Å². The van der Waals surface area contributed by atoms with E-state index in [2.05, 4.69) is 4.90 Å². The second kappa shape index (κ2) is 11.5. The van der Waals surface area contributed by atoms with Crippen molar-refractivity contribution >= 4 is 11.9 Å². The van der Waals surface area contributed by atoms with E-state index < -0.39 is 17.9 Å². The van der Waals surface area contributed by atoms with Crippen LogP contribution in [0.15, 0.2) is 12.2 Å². The van der Waals surface area contributed by atoms with Gasteiger partial charge in [-0.2, -0.15) is 0 Å². The Hall–Kier alpha value is 0.640. The molecule has 5 nitrogen and oxygen atoms in total. The molecule has 1 saturated heterocycles. The monoisotopic (exact) mass is 271 g/mol. The Morgan fingerprint density at radius 2 is 1.56 bits per heavy atom. The molecule has 0 unspecified atom stereocenters. The number of hydrogen-bond donors (Lipinski definition) is 0. The summed E-state index contributed by atoms with van der Waals surface area (Å²) in [4.78, 5) is 23.0. The first kappa shape index (κ1) is 20.9. The van der Waals surface area contributed by atoms with E-state index in [0.717, 1.165) is 32.0 Å². The van der Waals surface area contributed by atoms with Crippen LogP contribution in [0, 0.1) is 5.92 Å². The van der Waals surface area contributed by atoms with Gasteiger partial charge in [-0.1, -0.05) is 18.6 Å². The van der Waals surface area contributed by atoms with E-state index in [9.17, 15) is 19.8 Å². The average molecular weight is 271 g/mol. The zero-order chi connectivity index (χ0) is 12.0. The molecule has 0 spiro atoms. The molecule has 0 bridgehead atoms. The molecule has 0 atom stereocenters. The topological polar surface area (TPSA) is 83.5 Å². The van der Waals surface area contributed by atoms with Gasteiger partial charge in [0.2, 0.25) is 0 Å². The predicted octanol–water partition coefficient (Wildman–Crippen LogP) is -7.85. The van der Waals surface area contributed by atoms with Crippen LogP contribution in [-0.2, 0) is 9.59 Å². The SMILES string of the molecule is O=C([O-])C(C=CCN1CCCCC1)C(=O)[O-].[Na+].[Na+]. The Labute approximate surface area is 151 Å². The van der Waals surface area contributed by atoms with Crippen molar-refractivity contribution in [3.05, 3.63) is 12.2 Å². The van der Waals surface area contributed by atoms with Crippen LogP contribution in [0.5, 0.6) is 0 Å². The van der Waals surface area contributed by atoms with Crippen LogP contribution < -0.4 is 69.3 Å². The first-order chi connectivity index (χ1) is 7.61. The van der Waals surface area contributed by atoms with Gasteiger partial charge in [-0.25, -0.2) is 0 Å². The van der Waals surface area contributed by atoms with Crippen LogP contribution in [0.2, 0.25) is 0 Å². The van der Waals surface area contributed by atoms with E-state index in [4.69, 9.17) is 0 Å². The molecule has 0 aliphatic carbocycles. The molecule has 1 fully saturated rings. The molecule has 0 aromatic carbocycles. The van der Waals surface area contributed by atoms with Crippen molar-refractivity contribution in [1.82, 2.24) is 4.90 Å². The van der Waals surface area contributed by atoms with E-state index in [-0.39, 0.29) is 59.1 Å². The molecule has 0 aromatic rings. The molecule has 18 heavy (non-hydrogen) atoms. The van der Waals surface area contributed by atoms with Crippen LogP contribution >= 0.6 is 0 Å². The molecule has 1 aliphatic heterocycles. The van der Waals surface area contributed by atoms with Crippen LogP contribution in [0.1, 0.15) is 19.3 Å². The third-order valence-corrected chi connectivity index (χ3v) is 2.65. The molecule has 0 radical (unpaired) electrons. The fourth-order valence-electron chi connectivity index (χ4n) is 1.74. The van der Waals surface area contributed by atoms with Gasteiger partial charge in [0.05, 0.1) is 17.9 Å². The van der Waals surface area contributed by atoms with Crippen molar-refractivity contribution < 1.29 is 78.9 Å². The summed E-state index contributed by atoms with van der Waals surface area (Å²) in [7, 11) is 0. The van der Waals surface area contributed by atoms with Gasteiger partial charge in [0.1, 0.15) is 0 Å². The largest absolute Gasteiger partial charge is 1.00 e. The Kier molecular flexibility index (Phi) is 13.3.